The Labute approximate surface area is 242 Å². The van der Waals surface area contributed by atoms with E-state index in [1.54, 1.807) is 39.0 Å². The Kier molecular flexibility index (Phi) is 11.0. The number of thiazole rings is 1. The molecule has 14 heteroatoms. The predicted octanol–water partition coefficient (Wildman–Crippen LogP) is 4.03. The maximum Gasteiger partial charge on any atom is 0.348 e. The zero-order valence-corrected chi connectivity index (χ0v) is 25.1. The average molecular weight is 608 g/mol. The van der Waals surface area contributed by atoms with Gasteiger partial charge < -0.3 is 24.1 Å². The van der Waals surface area contributed by atoms with Gasteiger partial charge in [0, 0.05) is 6.54 Å². The zero-order valence-electron chi connectivity index (χ0n) is 22.7. The fourth-order valence-electron chi connectivity index (χ4n) is 3.68. The number of thiophene rings is 1. The molecule has 0 bridgehead atoms. The Morgan fingerprint density at radius 1 is 0.975 bits per heavy atom. The van der Waals surface area contributed by atoms with Crippen LogP contribution in [0.1, 0.15) is 56.7 Å². The number of aromatic nitrogens is 1. The van der Waals surface area contributed by atoms with Crippen LogP contribution in [0.5, 0.6) is 0 Å². The molecule has 0 aliphatic heterocycles. The number of benzene rings is 1. The van der Waals surface area contributed by atoms with Crippen LogP contribution in [-0.2, 0) is 30.3 Å². The molecule has 0 atom stereocenters. The first-order chi connectivity index (χ1) is 19.1. The summed E-state index contributed by atoms with van der Waals surface area (Å²) in [5.41, 5.74) is 1.71. The van der Waals surface area contributed by atoms with Crippen LogP contribution >= 0.6 is 34.4 Å². The van der Waals surface area contributed by atoms with Crippen LogP contribution < -0.4 is 10.1 Å². The number of ether oxygens (including phenoxy) is 3. The molecule has 0 saturated carbocycles. The van der Waals surface area contributed by atoms with E-state index in [2.05, 4.69) is 10.3 Å². The number of carbonyl (C=O) groups is 5. The molecule has 2 heterocycles. The summed E-state index contributed by atoms with van der Waals surface area (Å²) >= 11 is 3.28. The Hall–Kier alpha value is -3.49. The molecule has 0 spiro atoms. The molecule has 1 aromatic carbocycles. The quantitative estimate of drug-likeness (QED) is 0.252. The third kappa shape index (κ3) is 7.17. The molecule has 0 aliphatic rings. The van der Waals surface area contributed by atoms with Gasteiger partial charge in [0.25, 0.3) is 5.91 Å². The molecular weight excluding hydrogens is 579 g/mol. The van der Waals surface area contributed by atoms with Crippen molar-refractivity contribution in [2.75, 3.05) is 37.1 Å². The lowest BCUT2D eigenvalue weighted by molar-refractivity contribution is -0.115. The van der Waals surface area contributed by atoms with Gasteiger partial charge in [-0.15, -0.1) is 23.1 Å². The number of carbonyl (C=O) groups excluding carboxylic acids is 5. The maximum atomic E-state index is 12.7. The summed E-state index contributed by atoms with van der Waals surface area (Å²) in [5.74, 6) is -2.73. The smallest absolute Gasteiger partial charge is 0.348 e. The number of aryl methyl sites for hydroxylation is 1. The highest BCUT2D eigenvalue weighted by Gasteiger charge is 2.27. The summed E-state index contributed by atoms with van der Waals surface area (Å²) in [5, 5.41) is 2.84. The second kappa shape index (κ2) is 14.2. The minimum Gasteiger partial charge on any atom is -0.465 e. The van der Waals surface area contributed by atoms with Gasteiger partial charge in [0.15, 0.2) is 4.80 Å². The highest BCUT2D eigenvalue weighted by Crippen LogP contribution is 2.34. The number of hydrogen-bond donors (Lipinski definition) is 1. The molecule has 2 aromatic heterocycles. The number of rotatable bonds is 11. The molecule has 0 fully saturated rings. The van der Waals surface area contributed by atoms with Gasteiger partial charge in [-0.25, -0.2) is 14.4 Å². The summed E-state index contributed by atoms with van der Waals surface area (Å²) in [6, 6.07) is 5.14. The van der Waals surface area contributed by atoms with E-state index in [1.165, 1.54) is 18.4 Å². The standard InChI is InChI=1S/C26H29N3O8S3/c1-6-29-16-10-9-15(23(32)35-5)11-17(16)39-26(29)28-19(31)13-38-12-18(30)27-22-20(24(33)36-7-2)14(4)21(40-22)25(34)37-8-3/h9-11H,6-8,12-13H2,1-5H3,(H,27,30). The SMILES string of the molecule is CCOC(=O)c1sc(NC(=O)CSCC(=O)N=c2sc3cc(C(=O)OC)ccc3n2CC)c(C(=O)OCC)c1C. The lowest BCUT2D eigenvalue weighted by atomic mass is 10.1. The molecule has 0 saturated heterocycles. The lowest BCUT2D eigenvalue weighted by Gasteiger charge is -2.07. The predicted molar refractivity (Wildman–Crippen MR) is 154 cm³/mol. The van der Waals surface area contributed by atoms with Gasteiger partial charge in [-0.05, 0) is 51.5 Å². The molecule has 3 aromatic rings. The molecule has 0 aliphatic carbocycles. The van der Waals surface area contributed by atoms with Crippen LogP contribution in [0.25, 0.3) is 10.2 Å². The van der Waals surface area contributed by atoms with Gasteiger partial charge in [0.2, 0.25) is 5.91 Å². The number of fused-ring (bicyclic) bond motifs is 1. The van der Waals surface area contributed by atoms with Crippen LogP contribution in [-0.4, -0.2) is 66.1 Å². The number of anilines is 1. The number of nitrogens with zero attached hydrogens (tertiary/aromatic N) is 2. The van der Waals surface area contributed by atoms with Gasteiger partial charge in [-0.1, -0.05) is 11.3 Å². The van der Waals surface area contributed by atoms with Crippen LogP contribution in [0.3, 0.4) is 0 Å². The molecule has 0 unspecified atom stereocenters. The van der Waals surface area contributed by atoms with E-state index in [1.807, 2.05) is 11.5 Å². The van der Waals surface area contributed by atoms with Gasteiger partial charge in [-0.3, -0.25) is 9.59 Å². The van der Waals surface area contributed by atoms with E-state index >= 15 is 0 Å². The number of nitrogens with one attached hydrogen (secondary N) is 1. The molecular formula is C26H29N3O8S3. The summed E-state index contributed by atoms with van der Waals surface area (Å²) in [6.07, 6.45) is 0. The number of thioether (sulfide) groups is 1. The topological polar surface area (TPSA) is 142 Å². The first kappa shape index (κ1) is 31.0. The molecule has 3 rings (SSSR count). The van der Waals surface area contributed by atoms with Crippen LogP contribution in [0.4, 0.5) is 5.00 Å². The molecule has 2 amide bonds. The van der Waals surface area contributed by atoms with Gasteiger partial charge >= 0.3 is 17.9 Å². The fraction of sp³-hybridized carbons (Fsp3) is 0.385. The van der Waals surface area contributed by atoms with Crippen LogP contribution in [0, 0.1) is 6.92 Å². The summed E-state index contributed by atoms with van der Waals surface area (Å²) in [6.45, 7) is 7.70. The second-order valence-corrected chi connectivity index (χ2v) is 11.1. The summed E-state index contributed by atoms with van der Waals surface area (Å²) < 4.78 is 17.6. The summed E-state index contributed by atoms with van der Waals surface area (Å²) in [4.78, 5) is 66.8. The van der Waals surface area contributed by atoms with E-state index in [0.29, 0.717) is 22.5 Å². The largest absolute Gasteiger partial charge is 0.465 e. The Morgan fingerprint density at radius 3 is 2.33 bits per heavy atom. The van der Waals surface area contributed by atoms with Gasteiger partial charge in [-0.2, -0.15) is 4.99 Å². The van der Waals surface area contributed by atoms with Crippen molar-refractivity contribution in [2.24, 2.45) is 4.99 Å². The van der Waals surface area contributed by atoms with Crippen molar-refractivity contribution >= 4 is 79.4 Å². The van der Waals surface area contributed by atoms with Crippen LogP contribution in [0.15, 0.2) is 23.2 Å². The van der Waals surface area contributed by atoms with E-state index in [4.69, 9.17) is 14.2 Å². The highest BCUT2D eigenvalue weighted by molar-refractivity contribution is 8.00. The first-order valence-electron chi connectivity index (χ1n) is 12.3. The van der Waals surface area contributed by atoms with Gasteiger partial charge in [0.1, 0.15) is 9.88 Å². The third-order valence-electron chi connectivity index (χ3n) is 5.44. The molecule has 1 N–H and O–H groups in total. The molecule has 40 heavy (non-hydrogen) atoms. The van der Waals surface area contributed by atoms with Crippen molar-refractivity contribution < 1.29 is 38.2 Å². The average Bonchev–Trinajstić information content (AvgIpc) is 3.43. The van der Waals surface area contributed by atoms with Gasteiger partial charge in [0.05, 0.1) is 53.2 Å². The highest BCUT2D eigenvalue weighted by atomic mass is 32.2. The normalized spacial score (nSPS) is 11.4. The van der Waals surface area contributed by atoms with E-state index in [9.17, 15) is 24.0 Å². The van der Waals surface area contributed by atoms with Crippen molar-refractivity contribution in [3.63, 3.8) is 0 Å². The minimum atomic E-state index is -0.657. The second-order valence-electron chi connectivity index (χ2n) is 8.05. The number of hydrogen-bond acceptors (Lipinski definition) is 11. The zero-order chi connectivity index (χ0) is 29.4. The monoisotopic (exact) mass is 607 g/mol. The van der Waals surface area contributed by atoms with Crippen molar-refractivity contribution in [2.45, 2.75) is 34.2 Å². The van der Waals surface area contributed by atoms with Crippen molar-refractivity contribution in [1.82, 2.24) is 4.57 Å². The Balaban J connectivity index is 1.70. The van der Waals surface area contributed by atoms with E-state index in [0.717, 1.165) is 33.3 Å². The number of amides is 2. The van der Waals surface area contributed by atoms with Crippen molar-refractivity contribution in [1.29, 1.82) is 0 Å². The number of methoxy groups -OCH3 is 1. The van der Waals surface area contributed by atoms with Crippen molar-refractivity contribution in [3.05, 3.63) is 44.6 Å². The molecule has 214 valence electrons. The maximum absolute atomic E-state index is 12.7. The molecule has 0 radical (unpaired) electrons. The minimum absolute atomic E-state index is 0.0545. The lowest BCUT2D eigenvalue weighted by Crippen LogP contribution is -2.18. The number of esters is 3. The molecule has 11 nitrogen and oxygen atoms in total. The van der Waals surface area contributed by atoms with E-state index < -0.39 is 29.7 Å². The third-order valence-corrected chi connectivity index (χ3v) is 8.59. The Bertz CT molecular complexity index is 1520. The Morgan fingerprint density at radius 2 is 1.68 bits per heavy atom. The fourth-order valence-corrected chi connectivity index (χ4v) is 6.54. The first-order valence-corrected chi connectivity index (χ1v) is 15.1. The summed E-state index contributed by atoms with van der Waals surface area (Å²) in [7, 11) is 1.31. The van der Waals surface area contributed by atoms with Crippen LogP contribution in [0.2, 0.25) is 0 Å². The van der Waals surface area contributed by atoms with Crippen molar-refractivity contribution in [3.8, 4) is 0 Å². The van der Waals surface area contributed by atoms with E-state index in [-0.39, 0.29) is 40.2 Å².